The standard InChI is InChI=1S/C16H16N2O4/c1-2-10-22-16(19)17-15-9-8-13(18(20)21)11-14(15)12-6-4-3-5-7-12/h3-9,11H,2,10H2,1H3,(H,17,19). The highest BCUT2D eigenvalue weighted by molar-refractivity contribution is 5.92. The molecule has 22 heavy (non-hydrogen) atoms. The van der Waals surface area contributed by atoms with E-state index in [9.17, 15) is 14.9 Å². The predicted molar refractivity (Wildman–Crippen MR) is 83.8 cm³/mol. The van der Waals surface area contributed by atoms with Crippen LogP contribution in [0.25, 0.3) is 11.1 Å². The predicted octanol–water partition coefficient (Wildman–Crippen LogP) is 4.22. The first-order chi connectivity index (χ1) is 10.6. The molecule has 0 radical (unpaired) electrons. The third-order valence-corrected chi connectivity index (χ3v) is 2.97. The number of hydrogen-bond donors (Lipinski definition) is 1. The Balaban J connectivity index is 2.36. The van der Waals surface area contributed by atoms with Crippen molar-refractivity contribution in [2.24, 2.45) is 0 Å². The molecule has 114 valence electrons. The van der Waals surface area contributed by atoms with Gasteiger partial charge in [-0.1, -0.05) is 37.3 Å². The molecule has 0 aliphatic rings. The van der Waals surface area contributed by atoms with Gasteiger partial charge in [-0.2, -0.15) is 0 Å². The zero-order valence-electron chi connectivity index (χ0n) is 12.1. The number of carbonyl (C=O) groups is 1. The number of benzene rings is 2. The Morgan fingerprint density at radius 1 is 1.23 bits per heavy atom. The van der Waals surface area contributed by atoms with Crippen molar-refractivity contribution in [3.05, 3.63) is 58.6 Å². The van der Waals surface area contributed by atoms with Gasteiger partial charge in [0.1, 0.15) is 0 Å². The number of hydrogen-bond acceptors (Lipinski definition) is 4. The van der Waals surface area contributed by atoms with Crippen LogP contribution in [-0.4, -0.2) is 17.6 Å². The molecule has 0 fully saturated rings. The van der Waals surface area contributed by atoms with Gasteiger partial charge in [-0.05, 0) is 18.1 Å². The quantitative estimate of drug-likeness (QED) is 0.662. The SMILES string of the molecule is CCCOC(=O)Nc1ccc([N+](=O)[O-])cc1-c1ccccc1. The van der Waals surface area contributed by atoms with E-state index in [0.29, 0.717) is 17.9 Å². The van der Waals surface area contributed by atoms with Gasteiger partial charge in [-0.15, -0.1) is 0 Å². The number of amides is 1. The van der Waals surface area contributed by atoms with E-state index in [1.807, 2.05) is 37.3 Å². The lowest BCUT2D eigenvalue weighted by molar-refractivity contribution is -0.384. The van der Waals surface area contributed by atoms with Gasteiger partial charge < -0.3 is 4.74 Å². The highest BCUT2D eigenvalue weighted by Crippen LogP contribution is 2.31. The summed E-state index contributed by atoms with van der Waals surface area (Å²) in [6, 6.07) is 13.4. The smallest absolute Gasteiger partial charge is 0.411 e. The van der Waals surface area contributed by atoms with E-state index in [-0.39, 0.29) is 5.69 Å². The summed E-state index contributed by atoms with van der Waals surface area (Å²) in [5.74, 6) is 0. The Kier molecular flexibility index (Phi) is 5.08. The van der Waals surface area contributed by atoms with Crippen molar-refractivity contribution in [2.75, 3.05) is 11.9 Å². The number of non-ortho nitro benzene ring substituents is 1. The van der Waals surface area contributed by atoms with E-state index in [2.05, 4.69) is 5.32 Å². The van der Waals surface area contributed by atoms with Crippen LogP contribution in [0.4, 0.5) is 16.2 Å². The monoisotopic (exact) mass is 300 g/mol. The second kappa shape index (κ2) is 7.21. The fraction of sp³-hybridized carbons (Fsp3) is 0.188. The molecule has 2 aromatic rings. The van der Waals surface area contributed by atoms with E-state index in [4.69, 9.17) is 4.74 Å². The van der Waals surface area contributed by atoms with Gasteiger partial charge in [0.15, 0.2) is 0 Å². The van der Waals surface area contributed by atoms with Gasteiger partial charge in [0.25, 0.3) is 5.69 Å². The number of nitro groups is 1. The third kappa shape index (κ3) is 3.82. The summed E-state index contributed by atoms with van der Waals surface area (Å²) in [5, 5.41) is 13.6. The van der Waals surface area contributed by atoms with Crippen LogP contribution >= 0.6 is 0 Å². The molecule has 0 aliphatic carbocycles. The molecule has 0 spiro atoms. The average Bonchev–Trinajstić information content (AvgIpc) is 2.54. The number of rotatable bonds is 5. The number of nitro benzene ring substituents is 1. The Hall–Kier alpha value is -2.89. The van der Waals surface area contributed by atoms with E-state index in [1.165, 1.54) is 18.2 Å². The lowest BCUT2D eigenvalue weighted by atomic mass is 10.0. The molecule has 6 nitrogen and oxygen atoms in total. The van der Waals surface area contributed by atoms with Gasteiger partial charge >= 0.3 is 6.09 Å². The molecule has 6 heteroatoms. The molecular formula is C16H16N2O4. The maximum absolute atomic E-state index is 11.7. The topological polar surface area (TPSA) is 81.5 Å². The Morgan fingerprint density at radius 3 is 2.59 bits per heavy atom. The van der Waals surface area contributed by atoms with Gasteiger partial charge in [0.2, 0.25) is 0 Å². The summed E-state index contributed by atoms with van der Waals surface area (Å²) in [6.45, 7) is 2.22. The Labute approximate surface area is 127 Å². The molecule has 0 saturated heterocycles. The van der Waals surface area contributed by atoms with Crippen LogP contribution in [0.3, 0.4) is 0 Å². The average molecular weight is 300 g/mol. The molecule has 0 saturated carbocycles. The maximum Gasteiger partial charge on any atom is 0.411 e. The van der Waals surface area contributed by atoms with Crippen LogP contribution in [0.1, 0.15) is 13.3 Å². The highest BCUT2D eigenvalue weighted by atomic mass is 16.6. The van der Waals surface area contributed by atoms with Gasteiger partial charge in [0, 0.05) is 17.7 Å². The summed E-state index contributed by atoms with van der Waals surface area (Å²) >= 11 is 0. The van der Waals surface area contributed by atoms with Crippen molar-refractivity contribution in [1.29, 1.82) is 0 Å². The number of ether oxygens (including phenoxy) is 1. The molecule has 0 atom stereocenters. The first kappa shape index (κ1) is 15.5. The van der Waals surface area contributed by atoms with E-state index >= 15 is 0 Å². The second-order valence-corrected chi connectivity index (χ2v) is 4.61. The minimum atomic E-state index is -0.576. The minimum absolute atomic E-state index is 0.0358. The largest absolute Gasteiger partial charge is 0.449 e. The van der Waals surface area contributed by atoms with Crippen LogP contribution in [0.5, 0.6) is 0 Å². The van der Waals surface area contributed by atoms with Crippen molar-refractivity contribution >= 4 is 17.5 Å². The summed E-state index contributed by atoms with van der Waals surface area (Å²) in [7, 11) is 0. The molecule has 0 heterocycles. The maximum atomic E-state index is 11.7. The zero-order valence-corrected chi connectivity index (χ0v) is 12.1. The number of anilines is 1. The zero-order chi connectivity index (χ0) is 15.9. The Bertz CT molecular complexity index is 671. The molecular weight excluding hydrogens is 284 g/mol. The lowest BCUT2D eigenvalue weighted by Gasteiger charge is -2.11. The van der Waals surface area contributed by atoms with E-state index in [1.54, 1.807) is 0 Å². The summed E-state index contributed by atoms with van der Waals surface area (Å²) in [5.41, 5.74) is 1.78. The number of nitrogens with one attached hydrogen (secondary N) is 1. The first-order valence-electron chi connectivity index (χ1n) is 6.89. The van der Waals surface area contributed by atoms with Gasteiger partial charge in [-0.25, -0.2) is 4.79 Å². The van der Waals surface area contributed by atoms with Crippen LogP contribution < -0.4 is 5.32 Å². The number of nitrogens with zero attached hydrogens (tertiary/aromatic N) is 1. The van der Waals surface area contributed by atoms with Crippen molar-refractivity contribution in [2.45, 2.75) is 13.3 Å². The molecule has 0 unspecified atom stereocenters. The van der Waals surface area contributed by atoms with Crippen LogP contribution in [0, 0.1) is 10.1 Å². The lowest BCUT2D eigenvalue weighted by Crippen LogP contribution is -2.14. The van der Waals surface area contributed by atoms with E-state index in [0.717, 1.165) is 12.0 Å². The summed E-state index contributed by atoms with van der Waals surface area (Å²) in [6.07, 6.45) is 0.145. The number of carbonyl (C=O) groups excluding carboxylic acids is 1. The molecule has 2 rings (SSSR count). The van der Waals surface area contributed by atoms with Crippen molar-refractivity contribution in [3.63, 3.8) is 0 Å². The summed E-state index contributed by atoms with van der Waals surface area (Å²) in [4.78, 5) is 22.2. The molecule has 2 aromatic carbocycles. The normalized spacial score (nSPS) is 10.0. The van der Waals surface area contributed by atoms with Crippen molar-refractivity contribution < 1.29 is 14.5 Å². The second-order valence-electron chi connectivity index (χ2n) is 4.61. The fourth-order valence-electron chi connectivity index (χ4n) is 1.95. The molecule has 0 bridgehead atoms. The summed E-state index contributed by atoms with van der Waals surface area (Å²) < 4.78 is 4.98. The molecule has 0 aliphatic heterocycles. The van der Waals surface area contributed by atoms with Crippen LogP contribution in [0.2, 0.25) is 0 Å². The van der Waals surface area contributed by atoms with Crippen LogP contribution in [0.15, 0.2) is 48.5 Å². The van der Waals surface area contributed by atoms with Crippen LogP contribution in [-0.2, 0) is 4.74 Å². The van der Waals surface area contributed by atoms with Crippen molar-refractivity contribution in [3.8, 4) is 11.1 Å². The molecule has 1 N–H and O–H groups in total. The molecule has 0 aromatic heterocycles. The van der Waals surface area contributed by atoms with Gasteiger partial charge in [0.05, 0.1) is 17.2 Å². The van der Waals surface area contributed by atoms with E-state index < -0.39 is 11.0 Å². The fourth-order valence-corrected chi connectivity index (χ4v) is 1.95. The van der Waals surface area contributed by atoms with Crippen molar-refractivity contribution in [1.82, 2.24) is 0 Å². The highest BCUT2D eigenvalue weighted by Gasteiger charge is 2.14. The first-order valence-corrected chi connectivity index (χ1v) is 6.89. The Morgan fingerprint density at radius 2 is 1.95 bits per heavy atom. The molecule has 1 amide bonds. The minimum Gasteiger partial charge on any atom is -0.449 e. The van der Waals surface area contributed by atoms with Gasteiger partial charge in [-0.3, -0.25) is 15.4 Å². The third-order valence-electron chi connectivity index (χ3n) is 2.97.